The molecule has 28 heavy (non-hydrogen) atoms. The Balaban J connectivity index is 1.79. The molecule has 8 heteroatoms. The molecule has 0 aliphatic carbocycles. The van der Waals surface area contributed by atoms with Crippen molar-refractivity contribution in [2.24, 2.45) is 0 Å². The smallest absolute Gasteiger partial charge is 0.291 e. The second-order valence-electron chi connectivity index (χ2n) is 5.86. The highest BCUT2D eigenvalue weighted by molar-refractivity contribution is 7.15. The quantitative estimate of drug-likeness (QED) is 0.517. The molecule has 4 rings (SSSR count). The molecule has 0 fully saturated rings. The van der Waals surface area contributed by atoms with Crippen LogP contribution in [0.25, 0.3) is 22.4 Å². The van der Waals surface area contributed by atoms with E-state index in [1.54, 1.807) is 33.5 Å². The number of ether oxygens (including phenoxy) is 3. The average Bonchev–Trinajstić information content (AvgIpc) is 3.27. The van der Waals surface area contributed by atoms with Crippen molar-refractivity contribution in [3.8, 4) is 28.6 Å². The molecular weight excluding hydrogens is 378 g/mol. The topological polar surface area (TPSA) is 75.0 Å². The second kappa shape index (κ2) is 7.32. The summed E-state index contributed by atoms with van der Waals surface area (Å²) in [6, 6.07) is 12.9. The molecule has 7 nitrogen and oxygen atoms in total. The van der Waals surface area contributed by atoms with Crippen molar-refractivity contribution in [2.45, 2.75) is 0 Å². The molecule has 2 aromatic carbocycles. The zero-order valence-electron chi connectivity index (χ0n) is 15.5. The second-order valence-corrected chi connectivity index (χ2v) is 6.87. The van der Waals surface area contributed by atoms with Gasteiger partial charge < -0.3 is 14.2 Å². The Hall–Kier alpha value is -3.39. The molecule has 0 aliphatic heterocycles. The van der Waals surface area contributed by atoms with E-state index in [2.05, 4.69) is 10.1 Å². The number of rotatable bonds is 5. The molecule has 0 N–H and O–H groups in total. The van der Waals surface area contributed by atoms with Gasteiger partial charge in [-0.1, -0.05) is 29.5 Å². The van der Waals surface area contributed by atoms with Gasteiger partial charge in [0.15, 0.2) is 17.3 Å². The van der Waals surface area contributed by atoms with Crippen LogP contribution in [0.5, 0.6) is 17.2 Å². The predicted molar refractivity (Wildman–Crippen MR) is 107 cm³/mol. The number of fused-ring (bicyclic) bond motifs is 1. The van der Waals surface area contributed by atoms with Crippen molar-refractivity contribution in [1.29, 1.82) is 0 Å². The minimum atomic E-state index is -0.219. The van der Waals surface area contributed by atoms with Crippen LogP contribution in [-0.4, -0.2) is 35.9 Å². The van der Waals surface area contributed by atoms with Crippen LogP contribution in [0.15, 0.2) is 47.3 Å². The Kier molecular flexibility index (Phi) is 4.70. The molecule has 2 heterocycles. The molecule has 0 aliphatic rings. The molecule has 2 aromatic heterocycles. The van der Waals surface area contributed by atoms with Gasteiger partial charge in [-0.05, 0) is 35.9 Å². The first-order valence-electron chi connectivity index (χ1n) is 8.41. The van der Waals surface area contributed by atoms with Crippen LogP contribution < -0.4 is 24.3 Å². The van der Waals surface area contributed by atoms with Crippen molar-refractivity contribution in [3.63, 3.8) is 0 Å². The Morgan fingerprint density at radius 3 is 2.43 bits per heavy atom. The maximum Gasteiger partial charge on any atom is 0.291 e. The third kappa shape index (κ3) is 3.07. The van der Waals surface area contributed by atoms with Crippen LogP contribution in [0.2, 0.25) is 0 Å². The van der Waals surface area contributed by atoms with Gasteiger partial charge in [-0.3, -0.25) is 4.79 Å². The molecule has 0 atom stereocenters. The van der Waals surface area contributed by atoms with Crippen LogP contribution in [0.1, 0.15) is 5.56 Å². The van der Waals surface area contributed by atoms with Crippen molar-refractivity contribution >= 4 is 22.4 Å². The van der Waals surface area contributed by atoms with Gasteiger partial charge in [0.05, 0.1) is 31.4 Å². The monoisotopic (exact) mass is 395 g/mol. The molecule has 0 saturated heterocycles. The van der Waals surface area contributed by atoms with E-state index in [1.165, 1.54) is 15.9 Å². The largest absolute Gasteiger partial charge is 0.496 e. The average molecular weight is 395 g/mol. The summed E-state index contributed by atoms with van der Waals surface area (Å²) in [4.78, 5) is 17.8. The van der Waals surface area contributed by atoms with Crippen LogP contribution >= 0.6 is 11.3 Å². The lowest BCUT2D eigenvalue weighted by atomic mass is 10.2. The minimum absolute atomic E-state index is 0.219. The highest BCUT2D eigenvalue weighted by atomic mass is 32.1. The maximum absolute atomic E-state index is 12.8. The van der Waals surface area contributed by atoms with Crippen molar-refractivity contribution in [1.82, 2.24) is 14.6 Å². The number of nitrogens with zero attached hydrogens (tertiary/aromatic N) is 3. The fourth-order valence-corrected chi connectivity index (χ4v) is 3.78. The molecule has 0 amide bonds. The van der Waals surface area contributed by atoms with E-state index < -0.39 is 0 Å². The summed E-state index contributed by atoms with van der Waals surface area (Å²) in [5.41, 5.74) is 1.35. The Morgan fingerprint density at radius 2 is 1.71 bits per heavy atom. The lowest BCUT2D eigenvalue weighted by molar-refractivity contribution is 0.355. The van der Waals surface area contributed by atoms with Gasteiger partial charge in [0.2, 0.25) is 4.96 Å². The van der Waals surface area contributed by atoms with E-state index in [1.807, 2.05) is 36.4 Å². The van der Waals surface area contributed by atoms with Gasteiger partial charge in [-0.15, -0.1) is 5.10 Å². The molecule has 0 radical (unpaired) electrons. The standard InChI is InChI=1S/C20H17N3O4S/c1-25-14-7-5-4-6-13(14)18-21-20-23(22-18)19(24)17(28-20)11-12-8-9-15(26-2)16(10-12)27-3/h4-11H,1-3H3/b17-11-. The molecule has 0 unspecified atom stereocenters. The van der Waals surface area contributed by atoms with Crippen LogP contribution in [0.4, 0.5) is 0 Å². The predicted octanol–water partition coefficient (Wildman–Crippen LogP) is 2.39. The summed E-state index contributed by atoms with van der Waals surface area (Å²) in [7, 11) is 4.74. The number of aromatic nitrogens is 3. The first-order valence-corrected chi connectivity index (χ1v) is 9.23. The van der Waals surface area contributed by atoms with E-state index in [4.69, 9.17) is 14.2 Å². The normalized spacial score (nSPS) is 11.8. The number of hydrogen-bond donors (Lipinski definition) is 0. The van der Waals surface area contributed by atoms with Crippen molar-refractivity contribution in [3.05, 3.63) is 62.9 Å². The van der Waals surface area contributed by atoms with E-state index >= 15 is 0 Å². The van der Waals surface area contributed by atoms with Gasteiger partial charge in [-0.2, -0.15) is 9.50 Å². The van der Waals surface area contributed by atoms with E-state index in [-0.39, 0.29) is 5.56 Å². The molecule has 142 valence electrons. The summed E-state index contributed by atoms with van der Waals surface area (Å²) >= 11 is 1.28. The highest BCUT2D eigenvalue weighted by Crippen LogP contribution is 2.28. The SMILES string of the molecule is COc1ccc(/C=c2\sc3nc(-c4ccccc4OC)nn3c2=O)cc1OC. The fourth-order valence-electron chi connectivity index (χ4n) is 2.87. The lowest BCUT2D eigenvalue weighted by Gasteiger charge is -2.07. The fraction of sp³-hybridized carbons (Fsp3) is 0.150. The maximum atomic E-state index is 12.8. The molecular formula is C20H17N3O4S. The number of benzene rings is 2. The van der Waals surface area contributed by atoms with Gasteiger partial charge in [0.1, 0.15) is 5.75 Å². The zero-order chi connectivity index (χ0) is 19.7. The third-order valence-corrected chi connectivity index (χ3v) is 5.19. The summed E-state index contributed by atoms with van der Waals surface area (Å²) in [5, 5.41) is 4.37. The van der Waals surface area contributed by atoms with Gasteiger partial charge in [0, 0.05) is 0 Å². The van der Waals surface area contributed by atoms with Gasteiger partial charge in [0.25, 0.3) is 5.56 Å². The van der Waals surface area contributed by atoms with Crippen LogP contribution in [0.3, 0.4) is 0 Å². The summed E-state index contributed by atoms with van der Waals surface area (Å²) in [6.07, 6.45) is 1.79. The summed E-state index contributed by atoms with van der Waals surface area (Å²) < 4.78 is 17.8. The number of hydrogen-bond acceptors (Lipinski definition) is 7. The Morgan fingerprint density at radius 1 is 0.964 bits per heavy atom. The number of methoxy groups -OCH3 is 3. The van der Waals surface area contributed by atoms with Crippen molar-refractivity contribution < 1.29 is 14.2 Å². The number of para-hydroxylation sites is 1. The molecule has 0 spiro atoms. The summed E-state index contributed by atoms with van der Waals surface area (Å²) in [5.74, 6) is 2.34. The Bertz CT molecular complexity index is 1260. The van der Waals surface area contributed by atoms with Crippen molar-refractivity contribution in [2.75, 3.05) is 21.3 Å². The van der Waals surface area contributed by atoms with E-state index in [0.717, 1.165) is 11.1 Å². The number of thiazole rings is 1. The van der Waals surface area contributed by atoms with Gasteiger partial charge >= 0.3 is 0 Å². The Labute approximate surface area is 164 Å². The molecule has 4 aromatic rings. The molecule has 0 saturated carbocycles. The lowest BCUT2D eigenvalue weighted by Crippen LogP contribution is -2.23. The zero-order valence-corrected chi connectivity index (χ0v) is 16.3. The van der Waals surface area contributed by atoms with Crippen LogP contribution in [-0.2, 0) is 0 Å². The van der Waals surface area contributed by atoms with Gasteiger partial charge in [-0.25, -0.2) is 0 Å². The summed E-state index contributed by atoms with van der Waals surface area (Å²) in [6.45, 7) is 0. The first kappa shape index (κ1) is 18.0. The highest BCUT2D eigenvalue weighted by Gasteiger charge is 2.15. The third-order valence-electron chi connectivity index (χ3n) is 4.24. The van der Waals surface area contributed by atoms with E-state index in [0.29, 0.717) is 32.6 Å². The van der Waals surface area contributed by atoms with E-state index in [9.17, 15) is 4.79 Å². The first-order chi connectivity index (χ1) is 13.6. The van der Waals surface area contributed by atoms with Crippen LogP contribution in [0, 0.1) is 0 Å². The molecule has 0 bridgehead atoms. The minimum Gasteiger partial charge on any atom is -0.496 e.